The number of nitrogens with zero attached hydrogens (tertiary/aromatic N) is 3. The smallest absolute Gasteiger partial charge is 0.328 e. The number of hydrogen-bond donors (Lipinski definition) is 1. The lowest BCUT2D eigenvalue weighted by Crippen LogP contribution is -2.42. The standard InChI is InChI=1S/C15H20N4OS/c20-14(16-13-6-2-1-3-7-13)19-11-10-18(15(19)21)12-17-8-4-5-9-17/h1-3,6-7H,4-5,8-12H2,(H,16,20). The van der Waals surface area contributed by atoms with Gasteiger partial charge in [0.1, 0.15) is 0 Å². The van der Waals surface area contributed by atoms with Crippen LogP contribution in [0.15, 0.2) is 30.3 Å². The van der Waals surface area contributed by atoms with E-state index in [2.05, 4.69) is 15.1 Å². The number of likely N-dealkylation sites (tertiary alicyclic amines) is 1. The van der Waals surface area contributed by atoms with Crippen LogP contribution >= 0.6 is 12.2 Å². The Morgan fingerprint density at radius 3 is 2.52 bits per heavy atom. The molecule has 6 heteroatoms. The SMILES string of the molecule is O=C(Nc1ccccc1)N1CCN(CN2CCCC2)C1=S. The van der Waals surface area contributed by atoms with Crippen LogP contribution in [0.25, 0.3) is 0 Å². The van der Waals surface area contributed by atoms with Crippen LogP contribution in [0.4, 0.5) is 10.5 Å². The van der Waals surface area contributed by atoms with Gasteiger partial charge < -0.3 is 10.2 Å². The van der Waals surface area contributed by atoms with Crippen LogP contribution in [0.5, 0.6) is 0 Å². The maximum Gasteiger partial charge on any atom is 0.328 e. The molecule has 1 aromatic rings. The van der Waals surface area contributed by atoms with Crippen molar-refractivity contribution in [2.24, 2.45) is 0 Å². The van der Waals surface area contributed by atoms with Crippen LogP contribution in [-0.4, -0.2) is 58.7 Å². The Kier molecular flexibility index (Phi) is 4.36. The van der Waals surface area contributed by atoms with E-state index in [4.69, 9.17) is 12.2 Å². The van der Waals surface area contributed by atoms with Gasteiger partial charge in [-0.15, -0.1) is 0 Å². The molecule has 1 aromatic carbocycles. The Balaban J connectivity index is 1.56. The third-order valence-corrected chi connectivity index (χ3v) is 4.41. The van der Waals surface area contributed by atoms with Crippen molar-refractivity contribution in [1.29, 1.82) is 0 Å². The molecule has 21 heavy (non-hydrogen) atoms. The van der Waals surface area contributed by atoms with Gasteiger partial charge in [0.2, 0.25) is 0 Å². The van der Waals surface area contributed by atoms with Gasteiger partial charge in [0.15, 0.2) is 5.11 Å². The average molecular weight is 304 g/mol. The molecular weight excluding hydrogens is 284 g/mol. The summed E-state index contributed by atoms with van der Waals surface area (Å²) in [4.78, 5) is 18.5. The fourth-order valence-electron chi connectivity index (χ4n) is 2.78. The lowest BCUT2D eigenvalue weighted by Gasteiger charge is -2.25. The minimum Gasteiger partial charge on any atom is -0.334 e. The average Bonchev–Trinajstić information content (AvgIpc) is 3.12. The van der Waals surface area contributed by atoms with E-state index in [0.29, 0.717) is 11.7 Å². The van der Waals surface area contributed by atoms with E-state index in [1.807, 2.05) is 30.3 Å². The molecule has 2 heterocycles. The molecule has 5 nitrogen and oxygen atoms in total. The minimum absolute atomic E-state index is 0.143. The van der Waals surface area contributed by atoms with Crippen molar-refractivity contribution < 1.29 is 4.79 Å². The maximum atomic E-state index is 12.3. The Labute approximate surface area is 130 Å². The maximum absolute atomic E-state index is 12.3. The fraction of sp³-hybridized carbons (Fsp3) is 0.467. The quantitative estimate of drug-likeness (QED) is 0.869. The number of hydrogen-bond acceptors (Lipinski definition) is 3. The van der Waals surface area contributed by atoms with E-state index in [0.717, 1.165) is 32.0 Å². The lowest BCUT2D eigenvalue weighted by atomic mass is 10.3. The zero-order valence-corrected chi connectivity index (χ0v) is 12.8. The van der Waals surface area contributed by atoms with Crippen molar-refractivity contribution in [3.63, 3.8) is 0 Å². The number of amides is 2. The van der Waals surface area contributed by atoms with Crippen molar-refractivity contribution in [3.05, 3.63) is 30.3 Å². The normalized spacial score (nSPS) is 19.3. The van der Waals surface area contributed by atoms with Crippen LogP contribution in [0.3, 0.4) is 0 Å². The fourth-order valence-corrected chi connectivity index (χ4v) is 3.10. The molecule has 0 saturated carbocycles. The van der Waals surface area contributed by atoms with Gasteiger partial charge in [-0.1, -0.05) is 18.2 Å². The summed E-state index contributed by atoms with van der Waals surface area (Å²) in [5.41, 5.74) is 0.795. The summed E-state index contributed by atoms with van der Waals surface area (Å²) < 4.78 is 0. The highest BCUT2D eigenvalue weighted by atomic mass is 32.1. The number of nitrogens with one attached hydrogen (secondary N) is 1. The third-order valence-electron chi connectivity index (χ3n) is 3.93. The number of rotatable bonds is 3. The van der Waals surface area contributed by atoms with Gasteiger partial charge in [0.25, 0.3) is 0 Å². The highest BCUT2D eigenvalue weighted by Crippen LogP contribution is 2.15. The first kappa shape index (κ1) is 14.3. The molecule has 0 bridgehead atoms. The van der Waals surface area contributed by atoms with Crippen LogP contribution in [-0.2, 0) is 0 Å². The Hall–Kier alpha value is -1.66. The van der Waals surface area contributed by atoms with Gasteiger partial charge in [-0.25, -0.2) is 4.79 Å². The van der Waals surface area contributed by atoms with Crippen LogP contribution in [0.2, 0.25) is 0 Å². The molecule has 2 amide bonds. The van der Waals surface area contributed by atoms with Crippen molar-refractivity contribution in [3.8, 4) is 0 Å². The summed E-state index contributed by atoms with van der Waals surface area (Å²) in [6, 6.07) is 9.33. The van der Waals surface area contributed by atoms with Crippen molar-refractivity contribution in [2.75, 3.05) is 38.2 Å². The molecule has 2 saturated heterocycles. The van der Waals surface area contributed by atoms with Gasteiger partial charge in [0, 0.05) is 18.8 Å². The number of para-hydroxylation sites is 1. The van der Waals surface area contributed by atoms with Crippen LogP contribution in [0.1, 0.15) is 12.8 Å². The van der Waals surface area contributed by atoms with E-state index in [1.54, 1.807) is 4.90 Å². The van der Waals surface area contributed by atoms with Crippen LogP contribution in [0, 0.1) is 0 Å². The second kappa shape index (κ2) is 6.41. The molecule has 112 valence electrons. The summed E-state index contributed by atoms with van der Waals surface area (Å²) in [5, 5.41) is 3.52. The molecule has 0 atom stereocenters. The summed E-state index contributed by atoms with van der Waals surface area (Å²) in [5.74, 6) is 0. The number of benzene rings is 1. The molecule has 2 aliphatic rings. The predicted molar refractivity (Wildman–Crippen MR) is 87.1 cm³/mol. The highest BCUT2D eigenvalue weighted by Gasteiger charge is 2.31. The zero-order chi connectivity index (χ0) is 14.7. The van der Waals surface area contributed by atoms with Crippen molar-refractivity contribution >= 4 is 29.0 Å². The summed E-state index contributed by atoms with van der Waals surface area (Å²) in [7, 11) is 0. The topological polar surface area (TPSA) is 38.8 Å². The molecular formula is C15H20N4OS. The van der Waals surface area contributed by atoms with E-state index in [1.165, 1.54) is 12.8 Å². The molecule has 0 aromatic heterocycles. The first-order chi connectivity index (χ1) is 10.2. The van der Waals surface area contributed by atoms with E-state index >= 15 is 0 Å². The number of anilines is 1. The monoisotopic (exact) mass is 304 g/mol. The second-order valence-electron chi connectivity index (χ2n) is 5.46. The Morgan fingerprint density at radius 2 is 1.81 bits per heavy atom. The predicted octanol–water partition coefficient (Wildman–Crippen LogP) is 2.17. The molecule has 0 radical (unpaired) electrons. The number of thiocarbonyl (C=S) groups is 1. The number of urea groups is 1. The Morgan fingerprint density at radius 1 is 1.10 bits per heavy atom. The van der Waals surface area contributed by atoms with Gasteiger partial charge in [0.05, 0.1) is 6.67 Å². The third kappa shape index (κ3) is 3.33. The highest BCUT2D eigenvalue weighted by molar-refractivity contribution is 7.80. The summed E-state index contributed by atoms with van der Waals surface area (Å²) in [6.07, 6.45) is 2.53. The minimum atomic E-state index is -0.143. The molecule has 2 fully saturated rings. The molecule has 1 N–H and O–H groups in total. The van der Waals surface area contributed by atoms with Gasteiger partial charge in [-0.05, 0) is 50.3 Å². The molecule has 0 aliphatic carbocycles. The molecule has 0 spiro atoms. The van der Waals surface area contributed by atoms with Crippen LogP contribution < -0.4 is 5.32 Å². The zero-order valence-electron chi connectivity index (χ0n) is 12.0. The molecule has 3 rings (SSSR count). The van der Waals surface area contributed by atoms with E-state index in [9.17, 15) is 4.79 Å². The first-order valence-electron chi connectivity index (χ1n) is 7.39. The van der Waals surface area contributed by atoms with Gasteiger partial charge >= 0.3 is 6.03 Å². The van der Waals surface area contributed by atoms with E-state index in [-0.39, 0.29) is 6.03 Å². The van der Waals surface area contributed by atoms with Gasteiger partial charge in [-0.2, -0.15) is 0 Å². The number of carbonyl (C=O) groups excluding carboxylic acids is 1. The summed E-state index contributed by atoms with van der Waals surface area (Å²) in [6.45, 7) is 4.58. The number of carbonyl (C=O) groups is 1. The van der Waals surface area contributed by atoms with Crippen molar-refractivity contribution in [2.45, 2.75) is 12.8 Å². The second-order valence-corrected chi connectivity index (χ2v) is 5.83. The van der Waals surface area contributed by atoms with Crippen molar-refractivity contribution in [1.82, 2.24) is 14.7 Å². The summed E-state index contributed by atoms with van der Waals surface area (Å²) >= 11 is 5.45. The van der Waals surface area contributed by atoms with Gasteiger partial charge in [-0.3, -0.25) is 9.80 Å². The Bertz CT molecular complexity index is 516. The first-order valence-corrected chi connectivity index (χ1v) is 7.80. The van der Waals surface area contributed by atoms with E-state index < -0.39 is 0 Å². The largest absolute Gasteiger partial charge is 0.334 e. The molecule has 0 unspecified atom stereocenters. The lowest BCUT2D eigenvalue weighted by molar-refractivity contribution is 0.234. The molecule has 2 aliphatic heterocycles.